The highest BCUT2D eigenvalue weighted by molar-refractivity contribution is 5.31. The van der Waals surface area contributed by atoms with E-state index in [9.17, 15) is 0 Å². The Hall–Kier alpha value is -1.22. The van der Waals surface area contributed by atoms with Crippen molar-refractivity contribution in [2.24, 2.45) is 5.73 Å². The molecular formula is C12H19NO2. The molecule has 15 heavy (non-hydrogen) atoms. The molecule has 0 saturated heterocycles. The minimum Gasteiger partial charge on any atom is -0.497 e. The van der Waals surface area contributed by atoms with Crippen LogP contribution in [0.3, 0.4) is 0 Å². The zero-order valence-corrected chi connectivity index (χ0v) is 9.62. The van der Waals surface area contributed by atoms with Gasteiger partial charge >= 0.3 is 0 Å². The van der Waals surface area contributed by atoms with E-state index >= 15 is 0 Å². The second-order valence-electron chi connectivity index (χ2n) is 4.08. The van der Waals surface area contributed by atoms with Gasteiger partial charge in [-0.3, -0.25) is 0 Å². The number of hydrogen-bond acceptors (Lipinski definition) is 3. The summed E-state index contributed by atoms with van der Waals surface area (Å²) in [6, 6.07) is 7.57. The lowest BCUT2D eigenvalue weighted by atomic mass is 10.1. The third kappa shape index (κ3) is 3.80. The van der Waals surface area contributed by atoms with Gasteiger partial charge in [0, 0.05) is 0 Å². The highest BCUT2D eigenvalue weighted by Gasteiger charge is 2.18. The van der Waals surface area contributed by atoms with E-state index in [1.807, 2.05) is 38.1 Å². The lowest BCUT2D eigenvalue weighted by molar-refractivity contribution is 0.102. The van der Waals surface area contributed by atoms with Crippen molar-refractivity contribution in [3.8, 4) is 11.5 Å². The monoisotopic (exact) mass is 209 g/mol. The average molecular weight is 209 g/mol. The Morgan fingerprint density at radius 1 is 1.13 bits per heavy atom. The van der Waals surface area contributed by atoms with Crippen LogP contribution in [0.1, 0.15) is 20.3 Å². The molecular weight excluding hydrogens is 190 g/mol. The fraction of sp³-hybridized carbons (Fsp3) is 0.500. The molecule has 3 nitrogen and oxygen atoms in total. The van der Waals surface area contributed by atoms with Gasteiger partial charge in [-0.15, -0.1) is 0 Å². The summed E-state index contributed by atoms with van der Waals surface area (Å²) < 4.78 is 10.9. The number of ether oxygens (including phenoxy) is 2. The van der Waals surface area contributed by atoms with Crippen molar-refractivity contribution in [2.75, 3.05) is 13.7 Å². The quantitative estimate of drug-likeness (QED) is 0.808. The predicted octanol–water partition coefficient (Wildman–Crippen LogP) is 2.20. The fourth-order valence-electron chi connectivity index (χ4n) is 1.36. The molecule has 0 aliphatic carbocycles. The van der Waals surface area contributed by atoms with Crippen LogP contribution in [-0.2, 0) is 0 Å². The maximum atomic E-state index is 5.81. The van der Waals surface area contributed by atoms with Gasteiger partial charge in [-0.1, -0.05) is 0 Å². The van der Waals surface area contributed by atoms with E-state index in [1.165, 1.54) is 0 Å². The van der Waals surface area contributed by atoms with Gasteiger partial charge in [0.25, 0.3) is 0 Å². The van der Waals surface area contributed by atoms with Gasteiger partial charge in [-0.05, 0) is 51.1 Å². The molecule has 0 radical (unpaired) electrons. The highest BCUT2D eigenvalue weighted by atomic mass is 16.5. The molecule has 0 spiro atoms. The second-order valence-corrected chi connectivity index (χ2v) is 4.08. The Kier molecular flexibility index (Phi) is 3.97. The summed E-state index contributed by atoms with van der Waals surface area (Å²) in [6.07, 6.45) is 0.832. The molecule has 3 heteroatoms. The van der Waals surface area contributed by atoms with Gasteiger partial charge in [-0.25, -0.2) is 0 Å². The Balaban J connectivity index is 2.64. The first-order valence-corrected chi connectivity index (χ1v) is 5.10. The molecule has 0 aliphatic heterocycles. The number of rotatable bonds is 5. The van der Waals surface area contributed by atoms with Gasteiger partial charge in [0.1, 0.15) is 17.1 Å². The smallest absolute Gasteiger partial charge is 0.120 e. The van der Waals surface area contributed by atoms with Crippen LogP contribution in [0, 0.1) is 0 Å². The van der Waals surface area contributed by atoms with E-state index in [2.05, 4.69) is 0 Å². The zero-order chi connectivity index (χ0) is 11.3. The molecule has 0 saturated carbocycles. The van der Waals surface area contributed by atoms with Gasteiger partial charge in [0.2, 0.25) is 0 Å². The second kappa shape index (κ2) is 5.03. The van der Waals surface area contributed by atoms with E-state index < -0.39 is 0 Å². The van der Waals surface area contributed by atoms with Crippen LogP contribution in [-0.4, -0.2) is 19.3 Å². The van der Waals surface area contributed by atoms with Crippen molar-refractivity contribution >= 4 is 0 Å². The summed E-state index contributed by atoms with van der Waals surface area (Å²) in [7, 11) is 1.65. The molecule has 84 valence electrons. The third-order valence-corrected chi connectivity index (χ3v) is 2.20. The molecule has 1 aromatic carbocycles. The molecule has 1 rings (SSSR count). The number of methoxy groups -OCH3 is 1. The normalized spacial score (nSPS) is 11.2. The molecule has 0 atom stereocenters. The van der Waals surface area contributed by atoms with Gasteiger partial charge in [0.15, 0.2) is 0 Å². The standard InChI is InChI=1S/C12H19NO2/c1-12(2,8-9-13)15-11-6-4-10(14-3)5-7-11/h4-7H,8-9,13H2,1-3H3. The van der Waals surface area contributed by atoms with Crippen LogP contribution in [0.25, 0.3) is 0 Å². The number of benzene rings is 1. The largest absolute Gasteiger partial charge is 0.497 e. The van der Waals surface area contributed by atoms with Gasteiger partial charge in [0.05, 0.1) is 7.11 Å². The maximum Gasteiger partial charge on any atom is 0.120 e. The lowest BCUT2D eigenvalue weighted by Gasteiger charge is -2.25. The highest BCUT2D eigenvalue weighted by Crippen LogP contribution is 2.23. The molecule has 1 aromatic rings. The van der Waals surface area contributed by atoms with Crippen molar-refractivity contribution in [2.45, 2.75) is 25.9 Å². The molecule has 0 aromatic heterocycles. The first-order chi connectivity index (χ1) is 7.07. The van der Waals surface area contributed by atoms with E-state index in [4.69, 9.17) is 15.2 Å². The molecule has 0 amide bonds. The summed E-state index contributed by atoms with van der Waals surface area (Å²) in [5.74, 6) is 1.67. The molecule has 0 unspecified atom stereocenters. The van der Waals surface area contributed by atoms with Crippen LogP contribution < -0.4 is 15.2 Å². The van der Waals surface area contributed by atoms with Gasteiger partial charge in [-0.2, -0.15) is 0 Å². The SMILES string of the molecule is COc1ccc(OC(C)(C)CCN)cc1. The first-order valence-electron chi connectivity index (χ1n) is 5.10. The molecule has 2 N–H and O–H groups in total. The van der Waals surface area contributed by atoms with E-state index in [0.717, 1.165) is 17.9 Å². The van der Waals surface area contributed by atoms with E-state index in [0.29, 0.717) is 6.54 Å². The average Bonchev–Trinajstić information content (AvgIpc) is 2.18. The maximum absolute atomic E-state index is 5.81. The Morgan fingerprint density at radius 2 is 1.67 bits per heavy atom. The topological polar surface area (TPSA) is 44.5 Å². The van der Waals surface area contributed by atoms with Crippen molar-refractivity contribution in [3.05, 3.63) is 24.3 Å². The molecule has 0 fully saturated rings. The Morgan fingerprint density at radius 3 is 2.13 bits per heavy atom. The summed E-state index contributed by atoms with van der Waals surface area (Å²) in [5, 5.41) is 0. The minimum absolute atomic E-state index is 0.219. The van der Waals surface area contributed by atoms with Crippen molar-refractivity contribution in [1.29, 1.82) is 0 Å². The van der Waals surface area contributed by atoms with Crippen LogP contribution >= 0.6 is 0 Å². The van der Waals surface area contributed by atoms with Crippen LogP contribution in [0.2, 0.25) is 0 Å². The lowest BCUT2D eigenvalue weighted by Crippen LogP contribution is -2.31. The summed E-state index contributed by atoms with van der Waals surface area (Å²) in [6.45, 7) is 4.69. The number of nitrogens with two attached hydrogens (primary N) is 1. The molecule has 0 bridgehead atoms. The molecule has 0 aliphatic rings. The van der Waals surface area contributed by atoms with Crippen molar-refractivity contribution < 1.29 is 9.47 Å². The third-order valence-electron chi connectivity index (χ3n) is 2.20. The van der Waals surface area contributed by atoms with Crippen LogP contribution in [0.15, 0.2) is 24.3 Å². The predicted molar refractivity (Wildman–Crippen MR) is 61.4 cm³/mol. The van der Waals surface area contributed by atoms with E-state index in [1.54, 1.807) is 7.11 Å². The minimum atomic E-state index is -0.219. The Labute approximate surface area is 91.2 Å². The summed E-state index contributed by atoms with van der Waals surface area (Å²) in [5.41, 5.74) is 5.30. The molecule has 0 heterocycles. The summed E-state index contributed by atoms with van der Waals surface area (Å²) in [4.78, 5) is 0. The van der Waals surface area contributed by atoms with E-state index in [-0.39, 0.29) is 5.60 Å². The van der Waals surface area contributed by atoms with Crippen LogP contribution in [0.4, 0.5) is 0 Å². The van der Waals surface area contributed by atoms with Crippen molar-refractivity contribution in [3.63, 3.8) is 0 Å². The van der Waals surface area contributed by atoms with Crippen molar-refractivity contribution in [1.82, 2.24) is 0 Å². The van der Waals surface area contributed by atoms with Gasteiger partial charge < -0.3 is 15.2 Å². The zero-order valence-electron chi connectivity index (χ0n) is 9.62. The fourth-order valence-corrected chi connectivity index (χ4v) is 1.36. The number of hydrogen-bond donors (Lipinski definition) is 1. The van der Waals surface area contributed by atoms with Crippen LogP contribution in [0.5, 0.6) is 11.5 Å². The summed E-state index contributed by atoms with van der Waals surface area (Å²) >= 11 is 0. The Bertz CT molecular complexity index is 293. The first kappa shape index (κ1) is 11.9.